The number of halogens is 1. The lowest BCUT2D eigenvalue weighted by Crippen LogP contribution is -2.09. The number of benzene rings is 1. The van der Waals surface area contributed by atoms with Gasteiger partial charge in [0.2, 0.25) is 0 Å². The maximum absolute atomic E-state index is 11.8. The summed E-state index contributed by atoms with van der Waals surface area (Å²) in [5.74, 6) is 0.0422. The molecule has 0 bridgehead atoms. The van der Waals surface area contributed by atoms with Crippen LogP contribution < -0.4 is 0 Å². The van der Waals surface area contributed by atoms with Crippen LogP contribution in [-0.2, 0) is 15.4 Å². The van der Waals surface area contributed by atoms with Crippen LogP contribution in [0.4, 0.5) is 0 Å². The topological polar surface area (TPSA) is 43.4 Å². The first-order valence-electron chi connectivity index (χ1n) is 7.29. The number of hydrogen-bond donors (Lipinski definition) is 0. The second kappa shape index (κ2) is 7.75. The van der Waals surface area contributed by atoms with Crippen molar-refractivity contribution in [1.29, 1.82) is 0 Å². The van der Waals surface area contributed by atoms with E-state index in [9.17, 15) is 9.59 Å². The van der Waals surface area contributed by atoms with Crippen molar-refractivity contribution >= 4 is 34.7 Å². The van der Waals surface area contributed by atoms with Crippen molar-refractivity contribution in [3.05, 3.63) is 56.8 Å². The van der Waals surface area contributed by atoms with E-state index in [2.05, 4.69) is 0 Å². The molecule has 1 heterocycles. The average Bonchev–Trinajstić information content (AvgIpc) is 3.03. The molecule has 0 saturated carbocycles. The summed E-state index contributed by atoms with van der Waals surface area (Å²) in [5, 5.41) is 0. The summed E-state index contributed by atoms with van der Waals surface area (Å²) in [6.07, 6.45) is 0.235. The summed E-state index contributed by atoms with van der Waals surface area (Å²) in [6.45, 7) is 3.55. The van der Waals surface area contributed by atoms with Gasteiger partial charge in [0.1, 0.15) is 0 Å². The molecule has 5 heteroatoms. The normalized spacial score (nSPS) is 12.0. The third kappa shape index (κ3) is 4.21. The first-order chi connectivity index (χ1) is 11.0. The van der Waals surface area contributed by atoms with Gasteiger partial charge in [-0.1, -0.05) is 18.2 Å². The van der Waals surface area contributed by atoms with Gasteiger partial charge in [-0.05, 0) is 42.7 Å². The van der Waals surface area contributed by atoms with E-state index in [4.69, 9.17) is 16.3 Å². The van der Waals surface area contributed by atoms with E-state index in [0.717, 1.165) is 21.6 Å². The zero-order chi connectivity index (χ0) is 17.0. The third-order valence-electron chi connectivity index (χ3n) is 3.84. The van der Waals surface area contributed by atoms with Crippen molar-refractivity contribution in [2.45, 2.75) is 32.1 Å². The number of aryl methyl sites for hydroxylation is 1. The van der Waals surface area contributed by atoms with E-state index in [-0.39, 0.29) is 24.1 Å². The molecular formula is C18H19ClO3S. The van der Waals surface area contributed by atoms with Crippen LogP contribution in [0.1, 0.15) is 50.5 Å². The van der Waals surface area contributed by atoms with Gasteiger partial charge in [0.25, 0.3) is 0 Å². The van der Waals surface area contributed by atoms with Crippen molar-refractivity contribution < 1.29 is 14.3 Å². The average molecular weight is 351 g/mol. The highest BCUT2D eigenvalue weighted by Gasteiger charge is 2.22. The minimum absolute atomic E-state index is 0.0309. The first kappa shape index (κ1) is 17.7. The fourth-order valence-electron chi connectivity index (χ4n) is 2.41. The van der Waals surface area contributed by atoms with Crippen molar-refractivity contribution in [3.63, 3.8) is 0 Å². The Hall–Kier alpha value is -1.65. The van der Waals surface area contributed by atoms with E-state index in [1.54, 1.807) is 6.92 Å². The Morgan fingerprint density at radius 1 is 1.26 bits per heavy atom. The van der Waals surface area contributed by atoms with Crippen LogP contribution in [0.2, 0.25) is 0 Å². The summed E-state index contributed by atoms with van der Waals surface area (Å²) >= 11 is 7.42. The van der Waals surface area contributed by atoms with E-state index in [1.165, 1.54) is 18.4 Å². The van der Waals surface area contributed by atoms with Crippen molar-refractivity contribution in [1.82, 2.24) is 0 Å². The van der Waals surface area contributed by atoms with Crippen molar-refractivity contribution in [2.24, 2.45) is 0 Å². The summed E-state index contributed by atoms with van der Waals surface area (Å²) < 4.78 is 4.83. The zero-order valence-corrected chi connectivity index (χ0v) is 15.0. The van der Waals surface area contributed by atoms with Gasteiger partial charge in [-0.25, -0.2) is 0 Å². The largest absolute Gasteiger partial charge is 0.469 e. The van der Waals surface area contributed by atoms with Crippen LogP contribution >= 0.6 is 22.9 Å². The molecule has 2 aromatic rings. The van der Waals surface area contributed by atoms with E-state index >= 15 is 0 Å². The number of ether oxygens (including phenoxy) is 1. The van der Waals surface area contributed by atoms with Gasteiger partial charge in [0.15, 0.2) is 5.78 Å². The first-order valence-corrected chi connectivity index (χ1v) is 8.64. The summed E-state index contributed by atoms with van der Waals surface area (Å²) in [6, 6.07) is 9.77. The van der Waals surface area contributed by atoms with Gasteiger partial charge in [-0.2, -0.15) is 0 Å². The molecule has 0 radical (unpaired) electrons. The Morgan fingerprint density at radius 3 is 2.57 bits per heavy atom. The maximum atomic E-state index is 11.8. The summed E-state index contributed by atoms with van der Waals surface area (Å²) in [7, 11) is 1.38. The number of alkyl halides is 1. The standard InChI is InChI=1S/C18H19ClO3S/c1-11-4-5-13(8-14(11)10-19)15(9-18(21)22-3)17-7-6-16(23-17)12(2)20/h4-8,15H,9-10H2,1-3H3. The summed E-state index contributed by atoms with van der Waals surface area (Å²) in [4.78, 5) is 25.0. The molecule has 3 nitrogen and oxygen atoms in total. The highest BCUT2D eigenvalue weighted by Crippen LogP contribution is 2.34. The molecule has 0 aliphatic rings. The van der Waals surface area contributed by atoms with Crippen LogP contribution in [0, 0.1) is 6.92 Å². The molecule has 1 atom stereocenters. The predicted octanol–water partition coefficient (Wildman–Crippen LogP) is 4.69. The number of rotatable bonds is 6. The smallest absolute Gasteiger partial charge is 0.306 e. The fraction of sp³-hybridized carbons (Fsp3) is 0.333. The summed E-state index contributed by atoms with van der Waals surface area (Å²) in [5.41, 5.74) is 3.17. The number of carbonyl (C=O) groups is 2. The molecule has 0 spiro atoms. The molecule has 122 valence electrons. The molecule has 1 unspecified atom stereocenters. The Morgan fingerprint density at radius 2 is 2.00 bits per heavy atom. The lowest BCUT2D eigenvalue weighted by Gasteiger charge is -2.16. The number of esters is 1. The number of hydrogen-bond acceptors (Lipinski definition) is 4. The highest BCUT2D eigenvalue weighted by molar-refractivity contribution is 7.14. The minimum atomic E-state index is -0.277. The van der Waals surface area contributed by atoms with Crippen LogP contribution in [0.25, 0.3) is 0 Å². The van der Waals surface area contributed by atoms with Gasteiger partial charge in [0, 0.05) is 16.7 Å². The van der Waals surface area contributed by atoms with Gasteiger partial charge < -0.3 is 4.74 Å². The number of ketones is 1. The molecular weight excluding hydrogens is 332 g/mol. The molecule has 0 fully saturated rings. The van der Waals surface area contributed by atoms with E-state index < -0.39 is 0 Å². The molecule has 2 rings (SSSR count). The minimum Gasteiger partial charge on any atom is -0.469 e. The van der Waals surface area contributed by atoms with Crippen LogP contribution in [-0.4, -0.2) is 18.9 Å². The third-order valence-corrected chi connectivity index (χ3v) is 5.42. The van der Waals surface area contributed by atoms with Crippen molar-refractivity contribution in [3.8, 4) is 0 Å². The number of thiophene rings is 1. The second-order valence-corrected chi connectivity index (χ2v) is 6.79. The van der Waals surface area contributed by atoms with E-state index in [0.29, 0.717) is 10.8 Å². The van der Waals surface area contributed by atoms with Gasteiger partial charge in [-0.3, -0.25) is 9.59 Å². The lowest BCUT2D eigenvalue weighted by molar-refractivity contribution is -0.140. The molecule has 1 aromatic heterocycles. The zero-order valence-electron chi connectivity index (χ0n) is 13.4. The van der Waals surface area contributed by atoms with Crippen LogP contribution in [0.5, 0.6) is 0 Å². The Balaban J connectivity index is 2.44. The Bertz CT molecular complexity index is 721. The SMILES string of the molecule is COC(=O)CC(c1ccc(C)c(CCl)c1)c1ccc(C(C)=O)s1. The second-order valence-electron chi connectivity index (χ2n) is 5.41. The number of carbonyl (C=O) groups excluding carboxylic acids is 2. The van der Waals surface area contributed by atoms with Crippen molar-refractivity contribution in [2.75, 3.05) is 7.11 Å². The fourth-order valence-corrected chi connectivity index (χ4v) is 3.73. The molecule has 23 heavy (non-hydrogen) atoms. The molecule has 0 aliphatic heterocycles. The monoisotopic (exact) mass is 350 g/mol. The number of Topliss-reactive ketones (excluding diaryl/α,β-unsaturated/α-hetero) is 1. The molecule has 0 aliphatic carbocycles. The number of methoxy groups -OCH3 is 1. The predicted molar refractivity (Wildman–Crippen MR) is 93.5 cm³/mol. The van der Waals surface area contributed by atoms with Crippen LogP contribution in [0.3, 0.4) is 0 Å². The molecule has 0 N–H and O–H groups in total. The van der Waals surface area contributed by atoms with Crippen LogP contribution in [0.15, 0.2) is 30.3 Å². The quantitative estimate of drug-likeness (QED) is 0.431. The molecule has 0 amide bonds. The van der Waals surface area contributed by atoms with Gasteiger partial charge >= 0.3 is 5.97 Å². The van der Waals surface area contributed by atoms with E-state index in [1.807, 2.05) is 37.3 Å². The Labute approximate surface area is 145 Å². The highest BCUT2D eigenvalue weighted by atomic mass is 35.5. The molecule has 0 saturated heterocycles. The Kier molecular flexibility index (Phi) is 5.97. The maximum Gasteiger partial charge on any atom is 0.306 e. The molecule has 1 aromatic carbocycles. The van der Waals surface area contributed by atoms with Gasteiger partial charge in [-0.15, -0.1) is 22.9 Å². The van der Waals surface area contributed by atoms with Gasteiger partial charge in [0.05, 0.1) is 18.4 Å². The lowest BCUT2D eigenvalue weighted by atomic mass is 9.91.